The molecule has 0 radical (unpaired) electrons. The minimum atomic E-state index is -1.05. The number of para-hydroxylation sites is 1. The van der Waals surface area contributed by atoms with Gasteiger partial charge < -0.3 is 19.9 Å². The second-order valence-corrected chi connectivity index (χ2v) is 10.3. The van der Waals surface area contributed by atoms with E-state index in [1.807, 2.05) is 66.7 Å². The normalized spacial score (nSPS) is 13.9. The van der Waals surface area contributed by atoms with Crippen molar-refractivity contribution < 1.29 is 18.7 Å². The van der Waals surface area contributed by atoms with Gasteiger partial charge in [-0.15, -0.1) is 5.10 Å². The lowest BCUT2D eigenvalue weighted by Crippen LogP contribution is -2.42. The summed E-state index contributed by atoms with van der Waals surface area (Å²) in [7, 11) is 0. The lowest BCUT2D eigenvalue weighted by molar-refractivity contribution is -0.140. The van der Waals surface area contributed by atoms with Gasteiger partial charge in [0.2, 0.25) is 5.91 Å². The Morgan fingerprint density at radius 3 is 2.35 bits per heavy atom. The summed E-state index contributed by atoms with van der Waals surface area (Å²) in [5.74, 6) is -1.29. The summed E-state index contributed by atoms with van der Waals surface area (Å²) in [6.07, 6.45) is 0. The number of nitrogens with zero attached hydrogens (tertiary/aromatic N) is 5. The number of aromatic nitrogens is 3. The molecule has 0 bridgehead atoms. The number of amides is 2. The number of nitrogens with one attached hydrogen (secondary N) is 1. The van der Waals surface area contributed by atoms with Gasteiger partial charge >= 0.3 is 0 Å². The number of morpholine rings is 1. The van der Waals surface area contributed by atoms with Crippen LogP contribution in [0.1, 0.15) is 17.2 Å². The molecule has 1 unspecified atom stereocenters. The fraction of sp³-hybridized carbons (Fsp3) is 0.212. The molecule has 0 spiro atoms. The Hall–Kier alpha value is -5.09. The molecule has 218 valence electrons. The number of anilines is 2. The molecule has 2 amide bonds. The molecule has 4 aromatic carbocycles. The standard InChI is InChI=1S/C33H31FN6O3/c34-28-11-5-4-10-25(28)22-39(31(41)23-40-30-13-7-6-12-29(30)36-37-40)32(24-8-2-1-3-9-24)33(42)35-26-14-16-27(17-15-26)38-18-20-43-21-19-38/h1-17,32H,18-23H2,(H,35,42). The van der Waals surface area contributed by atoms with Crippen molar-refractivity contribution in [3.8, 4) is 0 Å². The van der Waals surface area contributed by atoms with Crippen molar-refractivity contribution in [3.63, 3.8) is 0 Å². The Bertz CT molecular complexity index is 1700. The van der Waals surface area contributed by atoms with Gasteiger partial charge in [-0.3, -0.25) is 9.59 Å². The maximum Gasteiger partial charge on any atom is 0.251 e. The topological polar surface area (TPSA) is 92.6 Å². The zero-order valence-electron chi connectivity index (χ0n) is 23.5. The van der Waals surface area contributed by atoms with Crippen molar-refractivity contribution in [1.29, 1.82) is 0 Å². The summed E-state index contributed by atoms with van der Waals surface area (Å²) in [5, 5.41) is 11.3. The smallest absolute Gasteiger partial charge is 0.251 e. The monoisotopic (exact) mass is 578 g/mol. The lowest BCUT2D eigenvalue weighted by atomic mass is 10.0. The van der Waals surface area contributed by atoms with E-state index in [1.165, 1.54) is 15.6 Å². The molecule has 9 nitrogen and oxygen atoms in total. The van der Waals surface area contributed by atoms with E-state index >= 15 is 0 Å². The molecule has 1 aromatic heterocycles. The predicted molar refractivity (Wildman–Crippen MR) is 162 cm³/mol. The Morgan fingerprint density at radius 1 is 0.884 bits per heavy atom. The molecule has 1 aliphatic rings. The van der Waals surface area contributed by atoms with Crippen LogP contribution in [0.15, 0.2) is 103 Å². The number of rotatable bonds is 9. The summed E-state index contributed by atoms with van der Waals surface area (Å²) < 4.78 is 21.9. The quantitative estimate of drug-likeness (QED) is 0.270. The van der Waals surface area contributed by atoms with Crippen molar-refractivity contribution in [3.05, 3.63) is 120 Å². The maximum atomic E-state index is 14.9. The zero-order chi connectivity index (χ0) is 29.6. The van der Waals surface area contributed by atoms with E-state index in [4.69, 9.17) is 4.74 Å². The first-order valence-corrected chi connectivity index (χ1v) is 14.2. The minimum absolute atomic E-state index is 0.124. The third-order valence-electron chi connectivity index (χ3n) is 7.51. The van der Waals surface area contributed by atoms with E-state index in [0.717, 1.165) is 18.8 Å². The van der Waals surface area contributed by atoms with E-state index in [9.17, 15) is 14.0 Å². The lowest BCUT2D eigenvalue weighted by Gasteiger charge is -2.32. The highest BCUT2D eigenvalue weighted by atomic mass is 19.1. The number of ether oxygens (including phenoxy) is 1. The fourth-order valence-corrected chi connectivity index (χ4v) is 5.28. The van der Waals surface area contributed by atoms with Crippen LogP contribution in [0, 0.1) is 5.82 Å². The largest absolute Gasteiger partial charge is 0.378 e. The Morgan fingerprint density at radius 2 is 1.58 bits per heavy atom. The molecule has 10 heteroatoms. The Kier molecular flexibility index (Phi) is 8.37. The van der Waals surface area contributed by atoms with Crippen molar-refractivity contribution in [1.82, 2.24) is 19.9 Å². The van der Waals surface area contributed by atoms with Crippen LogP contribution in [-0.2, 0) is 27.4 Å². The molecule has 1 aliphatic heterocycles. The van der Waals surface area contributed by atoms with Gasteiger partial charge in [-0.25, -0.2) is 9.07 Å². The SMILES string of the molecule is O=C(Nc1ccc(N2CCOCC2)cc1)C(c1ccccc1)N(Cc1ccccc1F)C(=O)Cn1nnc2ccccc21. The van der Waals surface area contributed by atoms with Gasteiger partial charge in [0.25, 0.3) is 5.91 Å². The number of carbonyl (C=O) groups excluding carboxylic acids is 2. The van der Waals surface area contributed by atoms with Crippen molar-refractivity contribution >= 4 is 34.2 Å². The first-order chi connectivity index (χ1) is 21.1. The molecule has 0 aliphatic carbocycles. The van der Waals surface area contributed by atoms with E-state index < -0.39 is 23.7 Å². The van der Waals surface area contributed by atoms with Gasteiger partial charge in [0.15, 0.2) is 0 Å². The highest BCUT2D eigenvalue weighted by Gasteiger charge is 2.33. The molecular formula is C33H31FN6O3. The second kappa shape index (κ2) is 12.8. The van der Waals surface area contributed by atoms with Gasteiger partial charge in [-0.05, 0) is 48.0 Å². The van der Waals surface area contributed by atoms with Crippen LogP contribution >= 0.6 is 0 Å². The van der Waals surface area contributed by atoms with Gasteiger partial charge in [0.05, 0.1) is 18.7 Å². The van der Waals surface area contributed by atoms with Gasteiger partial charge in [0.1, 0.15) is 23.9 Å². The number of carbonyl (C=O) groups is 2. The van der Waals surface area contributed by atoms with Crippen LogP contribution in [0.5, 0.6) is 0 Å². The van der Waals surface area contributed by atoms with Gasteiger partial charge in [-0.2, -0.15) is 0 Å². The molecule has 1 fully saturated rings. The first-order valence-electron chi connectivity index (χ1n) is 14.2. The number of hydrogen-bond donors (Lipinski definition) is 1. The van der Waals surface area contributed by atoms with E-state index in [0.29, 0.717) is 41.1 Å². The molecule has 1 saturated heterocycles. The summed E-state index contributed by atoms with van der Waals surface area (Å²) in [6, 6.07) is 29.2. The first kappa shape index (κ1) is 28.0. The maximum absolute atomic E-state index is 14.9. The predicted octanol–water partition coefficient (Wildman–Crippen LogP) is 4.82. The molecule has 2 heterocycles. The highest BCUT2D eigenvalue weighted by Crippen LogP contribution is 2.28. The molecule has 1 atom stereocenters. The van der Waals surface area contributed by atoms with Crippen molar-refractivity contribution in [2.75, 3.05) is 36.5 Å². The number of halogens is 1. The van der Waals surface area contributed by atoms with E-state index in [2.05, 4.69) is 20.5 Å². The third kappa shape index (κ3) is 6.39. The Balaban J connectivity index is 1.32. The van der Waals surface area contributed by atoms with Crippen LogP contribution in [-0.4, -0.2) is 58.0 Å². The molecule has 43 heavy (non-hydrogen) atoms. The molecular weight excluding hydrogens is 547 g/mol. The minimum Gasteiger partial charge on any atom is -0.378 e. The average Bonchev–Trinajstić information content (AvgIpc) is 3.45. The molecule has 0 saturated carbocycles. The fourth-order valence-electron chi connectivity index (χ4n) is 5.28. The van der Waals surface area contributed by atoms with Gasteiger partial charge in [0, 0.05) is 36.6 Å². The van der Waals surface area contributed by atoms with Crippen LogP contribution in [0.3, 0.4) is 0 Å². The summed E-state index contributed by atoms with van der Waals surface area (Å²) in [4.78, 5) is 31.8. The van der Waals surface area contributed by atoms with Crippen LogP contribution in [0.2, 0.25) is 0 Å². The van der Waals surface area contributed by atoms with Crippen molar-refractivity contribution in [2.45, 2.75) is 19.1 Å². The van der Waals surface area contributed by atoms with Crippen molar-refractivity contribution in [2.24, 2.45) is 0 Å². The molecule has 6 rings (SSSR count). The summed E-state index contributed by atoms with van der Waals surface area (Å²) in [6.45, 7) is 2.65. The number of fused-ring (bicyclic) bond motifs is 1. The Labute approximate surface area is 248 Å². The number of hydrogen-bond acceptors (Lipinski definition) is 6. The number of benzene rings is 4. The summed E-state index contributed by atoms with van der Waals surface area (Å²) >= 11 is 0. The molecule has 1 N–H and O–H groups in total. The van der Waals surface area contributed by atoms with E-state index in [-0.39, 0.29) is 13.1 Å². The van der Waals surface area contributed by atoms with Crippen LogP contribution < -0.4 is 10.2 Å². The van der Waals surface area contributed by atoms with E-state index in [1.54, 1.807) is 30.3 Å². The third-order valence-corrected chi connectivity index (χ3v) is 7.51. The van der Waals surface area contributed by atoms with Gasteiger partial charge in [-0.1, -0.05) is 65.9 Å². The van der Waals surface area contributed by atoms with Crippen LogP contribution in [0.4, 0.5) is 15.8 Å². The highest BCUT2D eigenvalue weighted by molar-refractivity contribution is 5.98. The van der Waals surface area contributed by atoms with Crippen LogP contribution in [0.25, 0.3) is 11.0 Å². The molecule has 5 aromatic rings. The average molecular weight is 579 g/mol. The zero-order valence-corrected chi connectivity index (χ0v) is 23.5. The second-order valence-electron chi connectivity index (χ2n) is 10.3. The summed E-state index contributed by atoms with van der Waals surface area (Å²) in [5.41, 5.74) is 3.85.